The maximum atomic E-state index is 5.33. The highest BCUT2D eigenvalue weighted by Gasteiger charge is 2.01. The van der Waals surface area contributed by atoms with E-state index in [0.29, 0.717) is 0 Å². The normalized spacial score (nSPS) is 10.2. The molecule has 1 heterocycles. The third kappa shape index (κ3) is 2.39. The van der Waals surface area contributed by atoms with Crippen LogP contribution in [-0.4, -0.2) is 13.9 Å². The molecule has 1 aromatic heterocycles. The lowest BCUT2D eigenvalue weighted by Gasteiger charge is -2.05. The minimum atomic E-state index is 0.252. The first-order chi connectivity index (χ1) is 7.40. The van der Waals surface area contributed by atoms with E-state index < -0.39 is 0 Å². The summed E-state index contributed by atoms with van der Waals surface area (Å²) in [5.74, 6) is 1.60. The van der Waals surface area contributed by atoms with Gasteiger partial charge in [0.2, 0.25) is 0 Å². The second-order valence-electron chi connectivity index (χ2n) is 3.06. The van der Waals surface area contributed by atoms with Crippen molar-refractivity contribution in [3.63, 3.8) is 0 Å². The number of hydrogen-bond donors (Lipinski definition) is 0. The van der Waals surface area contributed by atoms with Gasteiger partial charge in [-0.05, 0) is 24.3 Å². The Labute approximate surface area is 88.2 Å². The summed E-state index contributed by atoms with van der Waals surface area (Å²) in [5.41, 5.74) is 0.994. The van der Waals surface area contributed by atoms with Crippen LogP contribution in [0.2, 0.25) is 0 Å². The van der Waals surface area contributed by atoms with Crippen molar-refractivity contribution in [2.24, 2.45) is 0 Å². The van der Waals surface area contributed by atoms with Gasteiger partial charge in [0, 0.05) is 12.7 Å². The molecule has 2 aromatic rings. The second kappa shape index (κ2) is 4.66. The van der Waals surface area contributed by atoms with Gasteiger partial charge in [0.1, 0.15) is 11.5 Å². The van der Waals surface area contributed by atoms with E-state index >= 15 is 0 Å². The van der Waals surface area contributed by atoms with Crippen LogP contribution in [0.5, 0.6) is 5.75 Å². The Kier molecular flexibility index (Phi) is 3.05. The van der Waals surface area contributed by atoms with Crippen molar-refractivity contribution >= 4 is 0 Å². The van der Waals surface area contributed by atoms with Crippen LogP contribution in [0.1, 0.15) is 0 Å². The molecule has 0 radical (unpaired) electrons. The summed E-state index contributed by atoms with van der Waals surface area (Å²) in [6.07, 6.45) is 1.65. The van der Waals surface area contributed by atoms with E-state index in [2.05, 4.69) is 0 Å². The summed E-state index contributed by atoms with van der Waals surface area (Å²) in [4.78, 5) is 0. The molecule has 3 heteroatoms. The molecular weight excluding hydrogens is 192 g/mol. The number of rotatable bonds is 4. The largest absolute Gasteiger partial charge is 0.468 e. The fraction of sp³-hybridized carbons (Fsp3) is 0.167. The SMILES string of the molecule is COCOc1cccc(-c2ccco2)c1. The zero-order chi connectivity index (χ0) is 10.5. The lowest BCUT2D eigenvalue weighted by Crippen LogP contribution is -1.98. The number of methoxy groups -OCH3 is 1. The molecule has 0 aliphatic heterocycles. The van der Waals surface area contributed by atoms with Gasteiger partial charge in [0.05, 0.1) is 6.26 Å². The molecular formula is C12H12O3. The molecule has 1 aromatic carbocycles. The zero-order valence-corrected chi connectivity index (χ0v) is 8.47. The van der Waals surface area contributed by atoms with Crippen LogP contribution in [0.15, 0.2) is 47.1 Å². The van der Waals surface area contributed by atoms with E-state index in [-0.39, 0.29) is 6.79 Å². The first-order valence-corrected chi connectivity index (χ1v) is 4.66. The van der Waals surface area contributed by atoms with E-state index in [9.17, 15) is 0 Å². The van der Waals surface area contributed by atoms with Crippen molar-refractivity contribution in [3.05, 3.63) is 42.7 Å². The van der Waals surface area contributed by atoms with Gasteiger partial charge in [-0.3, -0.25) is 0 Å². The summed E-state index contributed by atoms with van der Waals surface area (Å²) in [5, 5.41) is 0. The maximum absolute atomic E-state index is 5.33. The van der Waals surface area contributed by atoms with E-state index in [1.165, 1.54) is 0 Å². The van der Waals surface area contributed by atoms with E-state index in [4.69, 9.17) is 13.9 Å². The average molecular weight is 204 g/mol. The average Bonchev–Trinajstić information content (AvgIpc) is 2.80. The third-order valence-corrected chi connectivity index (χ3v) is 1.98. The van der Waals surface area contributed by atoms with E-state index in [0.717, 1.165) is 17.1 Å². The topological polar surface area (TPSA) is 31.6 Å². The van der Waals surface area contributed by atoms with Gasteiger partial charge in [-0.1, -0.05) is 12.1 Å². The van der Waals surface area contributed by atoms with E-state index in [1.807, 2.05) is 36.4 Å². The highest BCUT2D eigenvalue weighted by molar-refractivity contribution is 5.59. The second-order valence-corrected chi connectivity index (χ2v) is 3.06. The molecule has 78 valence electrons. The van der Waals surface area contributed by atoms with Gasteiger partial charge in [-0.15, -0.1) is 0 Å². The summed E-state index contributed by atoms with van der Waals surface area (Å²) in [7, 11) is 1.59. The number of benzene rings is 1. The smallest absolute Gasteiger partial charge is 0.188 e. The van der Waals surface area contributed by atoms with Crippen LogP contribution in [0.3, 0.4) is 0 Å². The number of hydrogen-bond acceptors (Lipinski definition) is 3. The Morgan fingerprint density at radius 1 is 1.20 bits per heavy atom. The van der Waals surface area contributed by atoms with Gasteiger partial charge < -0.3 is 13.9 Å². The van der Waals surface area contributed by atoms with Gasteiger partial charge in [-0.2, -0.15) is 0 Å². The van der Waals surface area contributed by atoms with Gasteiger partial charge in [-0.25, -0.2) is 0 Å². The molecule has 0 saturated carbocycles. The quantitative estimate of drug-likeness (QED) is 0.717. The highest BCUT2D eigenvalue weighted by Crippen LogP contribution is 2.23. The van der Waals surface area contributed by atoms with Crippen molar-refractivity contribution in [2.75, 3.05) is 13.9 Å². The van der Waals surface area contributed by atoms with Crippen LogP contribution in [0.4, 0.5) is 0 Å². The fourth-order valence-electron chi connectivity index (χ4n) is 1.31. The minimum Gasteiger partial charge on any atom is -0.468 e. The molecule has 0 bridgehead atoms. The molecule has 0 aliphatic rings. The number of furan rings is 1. The third-order valence-electron chi connectivity index (χ3n) is 1.98. The monoisotopic (exact) mass is 204 g/mol. The van der Waals surface area contributed by atoms with Crippen LogP contribution in [0.25, 0.3) is 11.3 Å². The van der Waals surface area contributed by atoms with Gasteiger partial charge >= 0.3 is 0 Å². The van der Waals surface area contributed by atoms with Crippen molar-refractivity contribution in [3.8, 4) is 17.1 Å². The molecule has 15 heavy (non-hydrogen) atoms. The van der Waals surface area contributed by atoms with Crippen LogP contribution in [-0.2, 0) is 4.74 Å². The molecule has 2 rings (SSSR count). The summed E-state index contributed by atoms with van der Waals surface area (Å²) < 4.78 is 15.5. The molecule has 0 N–H and O–H groups in total. The molecule has 0 aliphatic carbocycles. The highest BCUT2D eigenvalue weighted by atomic mass is 16.7. The molecule has 0 fully saturated rings. The minimum absolute atomic E-state index is 0.252. The summed E-state index contributed by atoms with van der Waals surface area (Å²) in [6, 6.07) is 11.5. The Morgan fingerprint density at radius 3 is 2.87 bits per heavy atom. The zero-order valence-electron chi connectivity index (χ0n) is 8.47. The van der Waals surface area contributed by atoms with Crippen molar-refractivity contribution in [1.29, 1.82) is 0 Å². The molecule has 0 amide bonds. The van der Waals surface area contributed by atoms with Crippen molar-refractivity contribution < 1.29 is 13.9 Å². The number of ether oxygens (including phenoxy) is 2. The predicted molar refractivity (Wildman–Crippen MR) is 56.6 cm³/mol. The first kappa shape index (κ1) is 9.80. The lowest BCUT2D eigenvalue weighted by molar-refractivity contribution is 0.0511. The van der Waals surface area contributed by atoms with Gasteiger partial charge in [0.15, 0.2) is 6.79 Å². The lowest BCUT2D eigenvalue weighted by atomic mass is 10.2. The Bertz CT molecular complexity index is 407. The Morgan fingerprint density at radius 2 is 2.13 bits per heavy atom. The molecule has 0 unspecified atom stereocenters. The van der Waals surface area contributed by atoms with Crippen LogP contribution in [0, 0.1) is 0 Å². The van der Waals surface area contributed by atoms with Crippen molar-refractivity contribution in [1.82, 2.24) is 0 Å². The van der Waals surface area contributed by atoms with Crippen LogP contribution >= 0.6 is 0 Å². The fourth-order valence-corrected chi connectivity index (χ4v) is 1.31. The maximum Gasteiger partial charge on any atom is 0.188 e. The summed E-state index contributed by atoms with van der Waals surface area (Å²) >= 11 is 0. The molecule has 0 atom stereocenters. The van der Waals surface area contributed by atoms with E-state index in [1.54, 1.807) is 13.4 Å². The van der Waals surface area contributed by atoms with Crippen LogP contribution < -0.4 is 4.74 Å². The molecule has 3 nitrogen and oxygen atoms in total. The van der Waals surface area contributed by atoms with Crippen molar-refractivity contribution in [2.45, 2.75) is 0 Å². The first-order valence-electron chi connectivity index (χ1n) is 4.66. The standard InChI is InChI=1S/C12H12O3/c1-13-9-15-11-5-2-4-10(8-11)12-6-3-7-14-12/h2-8H,9H2,1H3. The summed E-state index contributed by atoms with van der Waals surface area (Å²) in [6.45, 7) is 0.252. The Hall–Kier alpha value is -1.74. The molecule has 0 saturated heterocycles. The Balaban J connectivity index is 2.19. The van der Waals surface area contributed by atoms with Gasteiger partial charge in [0.25, 0.3) is 0 Å². The molecule has 0 spiro atoms. The predicted octanol–water partition coefficient (Wildman–Crippen LogP) is 2.93.